The van der Waals surface area contributed by atoms with E-state index < -0.39 is 11.8 Å². The maximum Gasteiger partial charge on any atom is 0.312 e. The molecule has 0 aromatic heterocycles. The monoisotopic (exact) mass is 357 g/mol. The number of likely N-dealkylation sites (tertiary alicyclic amines) is 1. The number of nitrogens with zero attached hydrogens (tertiary/aromatic N) is 1. The fourth-order valence-corrected chi connectivity index (χ4v) is 2.87. The molecule has 1 heterocycles. The quantitative estimate of drug-likeness (QED) is 0.869. The Balaban J connectivity index is 2.05. The average molecular weight is 358 g/mol. The third-order valence-corrected chi connectivity index (χ3v) is 4.17. The standard InChI is InChI=1S/C14H17BrFN3O2/c15-11-5-1-4-10(12(11)16)13(20)19-6-2-3-9(8-19)7-18-14(17)21/h1,4-5,9H,2-3,6-8H2,(H3,17,18,21). The van der Waals surface area contributed by atoms with Gasteiger partial charge in [0.2, 0.25) is 0 Å². The Bertz CT molecular complexity index is 553. The van der Waals surface area contributed by atoms with Crippen molar-refractivity contribution >= 4 is 27.9 Å². The van der Waals surface area contributed by atoms with Crippen molar-refractivity contribution in [1.29, 1.82) is 0 Å². The normalized spacial score (nSPS) is 18.4. The summed E-state index contributed by atoms with van der Waals surface area (Å²) < 4.78 is 14.3. The van der Waals surface area contributed by atoms with Gasteiger partial charge in [0, 0.05) is 19.6 Å². The molecule has 1 aliphatic rings. The number of hydrogen-bond acceptors (Lipinski definition) is 2. The number of primary amides is 1. The zero-order valence-electron chi connectivity index (χ0n) is 11.4. The maximum atomic E-state index is 14.0. The minimum absolute atomic E-state index is 0.0629. The van der Waals surface area contributed by atoms with Gasteiger partial charge in [0.25, 0.3) is 5.91 Å². The molecule has 0 radical (unpaired) electrons. The minimum atomic E-state index is -0.573. The van der Waals surface area contributed by atoms with E-state index in [1.54, 1.807) is 17.0 Å². The van der Waals surface area contributed by atoms with Crippen LogP contribution in [0.2, 0.25) is 0 Å². The number of nitrogens with one attached hydrogen (secondary N) is 1. The Morgan fingerprint density at radius 2 is 2.24 bits per heavy atom. The van der Waals surface area contributed by atoms with Crippen molar-refractivity contribution in [3.63, 3.8) is 0 Å². The zero-order valence-corrected chi connectivity index (χ0v) is 13.0. The van der Waals surface area contributed by atoms with Crippen LogP contribution >= 0.6 is 15.9 Å². The van der Waals surface area contributed by atoms with E-state index in [1.807, 2.05) is 0 Å². The van der Waals surface area contributed by atoms with Crippen molar-refractivity contribution in [1.82, 2.24) is 10.2 Å². The van der Waals surface area contributed by atoms with Crippen molar-refractivity contribution in [2.45, 2.75) is 12.8 Å². The number of hydrogen-bond donors (Lipinski definition) is 2. The third kappa shape index (κ3) is 3.93. The molecule has 1 unspecified atom stereocenters. The number of carbonyl (C=O) groups excluding carboxylic acids is 2. The number of nitrogens with two attached hydrogens (primary N) is 1. The summed E-state index contributed by atoms with van der Waals surface area (Å²) in [6.45, 7) is 1.52. The first-order valence-electron chi connectivity index (χ1n) is 6.75. The summed E-state index contributed by atoms with van der Waals surface area (Å²) in [4.78, 5) is 24.8. The topological polar surface area (TPSA) is 75.4 Å². The van der Waals surface area contributed by atoms with Gasteiger partial charge in [0.15, 0.2) is 0 Å². The molecule has 1 saturated heterocycles. The summed E-state index contributed by atoms with van der Waals surface area (Å²) >= 11 is 3.08. The number of piperidine rings is 1. The zero-order chi connectivity index (χ0) is 15.4. The SMILES string of the molecule is NC(=O)NCC1CCCN(C(=O)c2cccc(Br)c2F)C1. The Morgan fingerprint density at radius 1 is 1.48 bits per heavy atom. The largest absolute Gasteiger partial charge is 0.352 e. The van der Waals surface area contributed by atoms with Crippen molar-refractivity contribution < 1.29 is 14.0 Å². The Morgan fingerprint density at radius 3 is 2.95 bits per heavy atom. The molecule has 1 fully saturated rings. The van der Waals surface area contributed by atoms with Gasteiger partial charge in [-0.2, -0.15) is 0 Å². The van der Waals surface area contributed by atoms with E-state index in [-0.39, 0.29) is 21.9 Å². The van der Waals surface area contributed by atoms with Crippen LogP contribution in [0.15, 0.2) is 22.7 Å². The van der Waals surface area contributed by atoms with Crippen LogP contribution in [0.5, 0.6) is 0 Å². The van der Waals surface area contributed by atoms with Gasteiger partial charge in [0.1, 0.15) is 5.82 Å². The first kappa shape index (κ1) is 15.8. The van der Waals surface area contributed by atoms with E-state index in [1.165, 1.54) is 6.07 Å². The van der Waals surface area contributed by atoms with Gasteiger partial charge in [-0.3, -0.25) is 4.79 Å². The molecule has 1 aromatic carbocycles. The Hall–Kier alpha value is -1.63. The molecule has 0 saturated carbocycles. The molecule has 5 nitrogen and oxygen atoms in total. The van der Waals surface area contributed by atoms with E-state index in [0.717, 1.165) is 12.8 Å². The summed E-state index contributed by atoms with van der Waals surface area (Å²) in [7, 11) is 0. The fraction of sp³-hybridized carbons (Fsp3) is 0.429. The molecule has 2 rings (SSSR count). The molecule has 0 spiro atoms. The van der Waals surface area contributed by atoms with E-state index in [2.05, 4.69) is 21.2 Å². The highest BCUT2D eigenvalue weighted by Crippen LogP contribution is 2.23. The molecule has 3 amide bonds. The number of benzene rings is 1. The lowest BCUT2D eigenvalue weighted by molar-refractivity contribution is 0.0670. The van der Waals surface area contributed by atoms with Gasteiger partial charge in [-0.15, -0.1) is 0 Å². The summed E-state index contributed by atoms with van der Waals surface area (Å²) in [5.74, 6) is -0.720. The average Bonchev–Trinajstić information content (AvgIpc) is 2.47. The highest BCUT2D eigenvalue weighted by atomic mass is 79.9. The van der Waals surface area contributed by atoms with E-state index >= 15 is 0 Å². The van der Waals surface area contributed by atoms with Crippen LogP contribution in [0.1, 0.15) is 23.2 Å². The van der Waals surface area contributed by atoms with Gasteiger partial charge in [-0.05, 0) is 46.8 Å². The van der Waals surface area contributed by atoms with Crippen LogP contribution in [0.25, 0.3) is 0 Å². The van der Waals surface area contributed by atoms with Crippen molar-refractivity contribution in [3.05, 3.63) is 34.1 Å². The second-order valence-corrected chi connectivity index (χ2v) is 5.96. The second-order valence-electron chi connectivity index (χ2n) is 5.11. The maximum absolute atomic E-state index is 14.0. The van der Waals surface area contributed by atoms with E-state index in [9.17, 15) is 14.0 Å². The molecule has 21 heavy (non-hydrogen) atoms. The Labute approximate surface area is 130 Å². The smallest absolute Gasteiger partial charge is 0.312 e. The van der Waals surface area contributed by atoms with Crippen molar-refractivity contribution in [2.24, 2.45) is 11.7 Å². The van der Waals surface area contributed by atoms with Gasteiger partial charge in [0.05, 0.1) is 10.0 Å². The van der Waals surface area contributed by atoms with Gasteiger partial charge >= 0.3 is 6.03 Å². The molecule has 114 valence electrons. The third-order valence-electron chi connectivity index (χ3n) is 3.55. The number of amides is 3. The summed E-state index contributed by atoms with van der Waals surface area (Å²) in [5.41, 5.74) is 5.11. The minimum Gasteiger partial charge on any atom is -0.352 e. The molecule has 1 aromatic rings. The highest BCUT2D eigenvalue weighted by molar-refractivity contribution is 9.10. The van der Waals surface area contributed by atoms with Gasteiger partial charge in [-0.25, -0.2) is 9.18 Å². The summed E-state index contributed by atoms with van der Waals surface area (Å²) in [6.07, 6.45) is 1.73. The second kappa shape index (κ2) is 6.89. The lowest BCUT2D eigenvalue weighted by Gasteiger charge is -2.33. The highest BCUT2D eigenvalue weighted by Gasteiger charge is 2.26. The van der Waals surface area contributed by atoms with Crippen LogP contribution in [-0.4, -0.2) is 36.5 Å². The van der Waals surface area contributed by atoms with Crippen LogP contribution in [-0.2, 0) is 0 Å². The fourth-order valence-electron chi connectivity index (χ4n) is 2.50. The lowest BCUT2D eigenvalue weighted by Crippen LogP contribution is -2.44. The first-order valence-corrected chi connectivity index (χ1v) is 7.55. The number of halogens is 2. The molecule has 1 atom stereocenters. The first-order chi connectivity index (χ1) is 9.99. The predicted octanol–water partition coefficient (Wildman–Crippen LogP) is 2.11. The number of urea groups is 1. The molecule has 3 N–H and O–H groups in total. The van der Waals surface area contributed by atoms with Crippen LogP contribution < -0.4 is 11.1 Å². The lowest BCUT2D eigenvalue weighted by atomic mass is 9.97. The van der Waals surface area contributed by atoms with Crippen LogP contribution in [0, 0.1) is 11.7 Å². The molecular weight excluding hydrogens is 341 g/mol. The molecule has 0 aliphatic carbocycles. The summed E-state index contributed by atoms with van der Waals surface area (Å²) in [6, 6.07) is 4.10. The van der Waals surface area contributed by atoms with Crippen LogP contribution in [0.4, 0.5) is 9.18 Å². The molecule has 7 heteroatoms. The molecule has 0 bridgehead atoms. The van der Waals surface area contributed by atoms with E-state index in [4.69, 9.17) is 5.73 Å². The molecule has 1 aliphatic heterocycles. The summed E-state index contributed by atoms with van der Waals surface area (Å²) in [5, 5.41) is 2.55. The van der Waals surface area contributed by atoms with Crippen LogP contribution in [0.3, 0.4) is 0 Å². The Kier molecular flexibility index (Phi) is 5.17. The number of carbonyl (C=O) groups is 2. The van der Waals surface area contributed by atoms with Gasteiger partial charge in [-0.1, -0.05) is 6.07 Å². The van der Waals surface area contributed by atoms with Gasteiger partial charge < -0.3 is 16.0 Å². The molecular formula is C14H17BrFN3O2. The van der Waals surface area contributed by atoms with Crippen molar-refractivity contribution in [2.75, 3.05) is 19.6 Å². The number of rotatable bonds is 3. The van der Waals surface area contributed by atoms with Crippen molar-refractivity contribution in [3.8, 4) is 0 Å². The predicted molar refractivity (Wildman–Crippen MR) is 80.3 cm³/mol. The van der Waals surface area contributed by atoms with E-state index in [0.29, 0.717) is 19.6 Å².